The zero-order chi connectivity index (χ0) is 14.5. The molecule has 1 aliphatic rings. The molecule has 0 spiro atoms. The maximum Gasteiger partial charge on any atom is 0.152 e. The van der Waals surface area contributed by atoms with Gasteiger partial charge in [0, 0.05) is 5.75 Å². The second kappa shape index (κ2) is 6.64. The van der Waals surface area contributed by atoms with Crippen LogP contribution in [0.5, 0.6) is 0 Å². The first-order valence-electron chi connectivity index (χ1n) is 7.01. The summed E-state index contributed by atoms with van der Waals surface area (Å²) < 4.78 is 5.98. The average molecular weight is 295 g/mol. The van der Waals surface area contributed by atoms with E-state index in [2.05, 4.69) is 25.1 Å². The number of hydrogen-bond acceptors (Lipinski definition) is 3. The molecule has 1 heterocycles. The van der Waals surface area contributed by atoms with Gasteiger partial charge in [-0.15, -0.1) is 0 Å². The summed E-state index contributed by atoms with van der Waals surface area (Å²) >= 11 is 1.75. The van der Waals surface area contributed by atoms with Crippen molar-refractivity contribution in [3.63, 3.8) is 0 Å². The predicted molar refractivity (Wildman–Crippen MR) is 91.0 cm³/mol. The highest BCUT2D eigenvalue weighted by molar-refractivity contribution is 8.14. The average Bonchev–Trinajstić information content (AvgIpc) is 2.52. The summed E-state index contributed by atoms with van der Waals surface area (Å²) in [7, 11) is 0. The maximum absolute atomic E-state index is 5.98. The van der Waals surface area contributed by atoms with Gasteiger partial charge in [0.2, 0.25) is 0 Å². The Morgan fingerprint density at radius 1 is 1.05 bits per heavy atom. The van der Waals surface area contributed by atoms with Crippen LogP contribution < -0.4 is 0 Å². The predicted octanol–water partition coefficient (Wildman–Crippen LogP) is 4.91. The lowest BCUT2D eigenvalue weighted by atomic mass is 10.2. The van der Waals surface area contributed by atoms with Crippen LogP contribution >= 0.6 is 11.8 Å². The van der Waals surface area contributed by atoms with E-state index in [-0.39, 0.29) is 6.10 Å². The normalized spacial score (nSPS) is 22.2. The number of thioether (sulfide) groups is 1. The lowest BCUT2D eigenvalue weighted by Gasteiger charge is -2.24. The Morgan fingerprint density at radius 3 is 2.43 bits per heavy atom. The lowest BCUT2D eigenvalue weighted by molar-refractivity contribution is 0.168. The van der Waals surface area contributed by atoms with Gasteiger partial charge in [0.15, 0.2) is 5.76 Å². The van der Waals surface area contributed by atoms with Crippen LogP contribution in [0.25, 0.3) is 6.08 Å². The zero-order valence-corrected chi connectivity index (χ0v) is 12.7. The fourth-order valence-electron chi connectivity index (χ4n) is 2.07. The van der Waals surface area contributed by atoms with E-state index in [0.717, 1.165) is 27.8 Å². The quantitative estimate of drug-likeness (QED) is 0.785. The van der Waals surface area contributed by atoms with E-state index < -0.39 is 0 Å². The van der Waals surface area contributed by atoms with Crippen molar-refractivity contribution in [2.75, 3.05) is 5.75 Å². The van der Waals surface area contributed by atoms with Crippen LogP contribution in [-0.2, 0) is 4.74 Å². The van der Waals surface area contributed by atoms with E-state index in [0.29, 0.717) is 0 Å². The Hall–Kier alpha value is -2.00. The van der Waals surface area contributed by atoms with Crippen molar-refractivity contribution < 1.29 is 4.74 Å². The summed E-state index contributed by atoms with van der Waals surface area (Å²) in [6.45, 7) is 2.09. The van der Waals surface area contributed by atoms with Crippen molar-refractivity contribution in [2.45, 2.75) is 13.0 Å². The summed E-state index contributed by atoms with van der Waals surface area (Å²) in [5.41, 5.74) is 2.08. The molecule has 0 aliphatic carbocycles. The van der Waals surface area contributed by atoms with Gasteiger partial charge in [-0.1, -0.05) is 60.3 Å². The number of aliphatic imine (C=N–C) groups is 1. The third-order valence-electron chi connectivity index (χ3n) is 3.08. The van der Waals surface area contributed by atoms with Crippen LogP contribution in [-0.4, -0.2) is 16.9 Å². The molecule has 0 radical (unpaired) electrons. The van der Waals surface area contributed by atoms with Crippen molar-refractivity contribution in [3.05, 3.63) is 72.0 Å². The molecule has 21 heavy (non-hydrogen) atoms. The van der Waals surface area contributed by atoms with Crippen LogP contribution in [0.4, 0.5) is 5.69 Å². The molecule has 1 atom stereocenters. The van der Waals surface area contributed by atoms with Gasteiger partial charge < -0.3 is 4.74 Å². The molecular formula is C18H17NOS. The van der Waals surface area contributed by atoms with Gasteiger partial charge in [0.1, 0.15) is 11.1 Å². The number of rotatable bonds is 2. The van der Waals surface area contributed by atoms with E-state index in [9.17, 15) is 0 Å². The monoisotopic (exact) mass is 295 g/mol. The Kier molecular flexibility index (Phi) is 4.41. The SMILES string of the molecule is CC1CSC(=Nc2ccccc2)/C(=C/c2ccccc2)O1. The molecule has 1 saturated heterocycles. The number of ether oxygens (including phenoxy) is 1. The van der Waals surface area contributed by atoms with Crippen LogP contribution in [0.3, 0.4) is 0 Å². The molecular weight excluding hydrogens is 278 g/mol. The van der Waals surface area contributed by atoms with Gasteiger partial charge in [0.25, 0.3) is 0 Å². The molecule has 106 valence electrons. The molecule has 0 bridgehead atoms. The van der Waals surface area contributed by atoms with Crippen LogP contribution in [0.1, 0.15) is 12.5 Å². The molecule has 3 heteroatoms. The largest absolute Gasteiger partial charge is 0.487 e. The summed E-state index contributed by atoms with van der Waals surface area (Å²) in [5, 5.41) is 0.947. The van der Waals surface area contributed by atoms with E-state index in [1.165, 1.54) is 0 Å². The second-order valence-corrected chi connectivity index (χ2v) is 5.92. The first kappa shape index (κ1) is 14.0. The number of para-hydroxylation sites is 1. The highest BCUT2D eigenvalue weighted by Crippen LogP contribution is 2.28. The Bertz CT molecular complexity index is 649. The molecule has 2 nitrogen and oxygen atoms in total. The minimum atomic E-state index is 0.208. The van der Waals surface area contributed by atoms with Gasteiger partial charge in [-0.3, -0.25) is 0 Å². The molecule has 0 N–H and O–H groups in total. The Balaban J connectivity index is 1.94. The topological polar surface area (TPSA) is 21.6 Å². The summed E-state index contributed by atoms with van der Waals surface area (Å²) in [5.74, 6) is 1.78. The highest BCUT2D eigenvalue weighted by Gasteiger charge is 2.21. The van der Waals surface area contributed by atoms with Gasteiger partial charge in [-0.25, -0.2) is 4.99 Å². The lowest BCUT2D eigenvalue weighted by Crippen LogP contribution is -2.21. The van der Waals surface area contributed by atoms with E-state index in [1.807, 2.05) is 48.5 Å². The van der Waals surface area contributed by atoms with Crippen LogP contribution in [0.2, 0.25) is 0 Å². The molecule has 0 saturated carbocycles. The van der Waals surface area contributed by atoms with E-state index in [4.69, 9.17) is 9.73 Å². The fraction of sp³-hybridized carbons (Fsp3) is 0.167. The number of hydrogen-bond donors (Lipinski definition) is 0. The van der Waals surface area contributed by atoms with E-state index in [1.54, 1.807) is 11.8 Å². The van der Waals surface area contributed by atoms with Gasteiger partial charge in [-0.2, -0.15) is 0 Å². The summed E-state index contributed by atoms with van der Waals surface area (Å²) in [4.78, 5) is 4.72. The van der Waals surface area contributed by atoms with Crippen molar-refractivity contribution in [3.8, 4) is 0 Å². The molecule has 0 amide bonds. The molecule has 1 fully saturated rings. The van der Waals surface area contributed by atoms with Crippen LogP contribution in [0.15, 0.2) is 71.4 Å². The molecule has 2 aromatic rings. The highest BCUT2D eigenvalue weighted by atomic mass is 32.2. The molecule has 0 aromatic heterocycles. The first-order valence-corrected chi connectivity index (χ1v) is 8.00. The molecule has 1 unspecified atom stereocenters. The third-order valence-corrected chi connectivity index (χ3v) is 4.28. The van der Waals surface area contributed by atoms with Gasteiger partial charge in [-0.05, 0) is 30.7 Å². The van der Waals surface area contributed by atoms with Crippen molar-refractivity contribution >= 4 is 28.6 Å². The van der Waals surface area contributed by atoms with Gasteiger partial charge >= 0.3 is 0 Å². The molecule has 2 aromatic carbocycles. The van der Waals surface area contributed by atoms with Crippen LogP contribution in [0, 0.1) is 0 Å². The Morgan fingerprint density at radius 2 is 1.71 bits per heavy atom. The van der Waals surface area contributed by atoms with Crippen molar-refractivity contribution in [1.82, 2.24) is 0 Å². The zero-order valence-electron chi connectivity index (χ0n) is 11.9. The molecule has 1 aliphatic heterocycles. The smallest absolute Gasteiger partial charge is 0.152 e. The maximum atomic E-state index is 5.98. The van der Waals surface area contributed by atoms with E-state index >= 15 is 0 Å². The molecule has 3 rings (SSSR count). The van der Waals surface area contributed by atoms with Crippen molar-refractivity contribution in [2.24, 2.45) is 4.99 Å². The second-order valence-electron chi connectivity index (χ2n) is 4.91. The van der Waals surface area contributed by atoms with Crippen molar-refractivity contribution in [1.29, 1.82) is 0 Å². The summed E-state index contributed by atoms with van der Waals surface area (Å²) in [6, 6.07) is 20.2. The van der Waals surface area contributed by atoms with Gasteiger partial charge in [0.05, 0.1) is 5.69 Å². The summed E-state index contributed by atoms with van der Waals surface area (Å²) in [6.07, 6.45) is 2.27. The number of benzene rings is 2. The minimum Gasteiger partial charge on any atom is -0.487 e. The first-order chi connectivity index (χ1) is 10.3. The Labute approximate surface area is 129 Å². The minimum absolute atomic E-state index is 0.208. The standard InChI is InChI=1S/C18H17NOS/c1-14-13-21-18(19-16-10-6-3-7-11-16)17(20-14)12-15-8-4-2-5-9-15/h2-12,14H,13H2,1H3/b17-12-,19-18?. The fourth-order valence-corrected chi connectivity index (χ4v) is 2.95. The third kappa shape index (κ3) is 3.76. The number of nitrogens with zero attached hydrogens (tertiary/aromatic N) is 1.